The van der Waals surface area contributed by atoms with Crippen LogP contribution in [0, 0.1) is 6.92 Å². The highest BCUT2D eigenvalue weighted by Gasteiger charge is 2.32. The molecule has 3 rings (SSSR count). The van der Waals surface area contributed by atoms with Crippen LogP contribution >= 0.6 is 0 Å². The Labute approximate surface area is 183 Å². The van der Waals surface area contributed by atoms with Crippen molar-refractivity contribution in [2.75, 3.05) is 17.1 Å². The summed E-state index contributed by atoms with van der Waals surface area (Å²) in [6.07, 6.45) is -0.396. The van der Waals surface area contributed by atoms with E-state index in [-0.39, 0.29) is 12.2 Å². The number of hydrogen-bond donors (Lipinski definition) is 1. The third-order valence-corrected chi connectivity index (χ3v) is 5.84. The molecule has 0 saturated carbocycles. The Morgan fingerprint density at radius 2 is 1.88 bits per heavy atom. The van der Waals surface area contributed by atoms with Gasteiger partial charge in [-0.1, -0.05) is 24.3 Å². The number of para-hydroxylation sites is 1. The number of carbonyl (C=O) groups is 1. The zero-order valence-electron chi connectivity index (χ0n) is 17.3. The van der Waals surface area contributed by atoms with Gasteiger partial charge in [0.2, 0.25) is 15.9 Å². The van der Waals surface area contributed by atoms with Crippen LogP contribution in [0.1, 0.15) is 17.0 Å². The second-order valence-corrected chi connectivity index (χ2v) is 8.97. The summed E-state index contributed by atoms with van der Waals surface area (Å²) in [6, 6.07) is 11.1. The summed E-state index contributed by atoms with van der Waals surface area (Å²) < 4.78 is 66.0. The summed E-state index contributed by atoms with van der Waals surface area (Å²) in [5, 5.41) is 2.64. The highest BCUT2D eigenvalue weighted by atomic mass is 32.2. The number of aryl methyl sites for hydroxylation is 1. The van der Waals surface area contributed by atoms with Gasteiger partial charge in [0.1, 0.15) is 12.4 Å². The van der Waals surface area contributed by atoms with Gasteiger partial charge in [0.15, 0.2) is 0 Å². The molecule has 11 heteroatoms. The summed E-state index contributed by atoms with van der Waals surface area (Å²) in [6.45, 7) is 1.26. The first-order chi connectivity index (χ1) is 15.0. The van der Waals surface area contributed by atoms with Crippen LogP contribution in [0.2, 0.25) is 0 Å². The second kappa shape index (κ2) is 9.03. The van der Waals surface area contributed by atoms with Crippen molar-refractivity contribution < 1.29 is 26.4 Å². The molecule has 0 fully saturated rings. The molecular formula is C21H21F3N4O3S. The Hall–Kier alpha value is -3.34. The number of carbonyl (C=O) groups excluding carboxylic acids is 1. The number of amides is 1. The Morgan fingerprint density at radius 1 is 1.16 bits per heavy atom. The summed E-state index contributed by atoms with van der Waals surface area (Å²) in [7, 11) is -4.01. The molecule has 0 spiro atoms. The van der Waals surface area contributed by atoms with Crippen molar-refractivity contribution in [3.63, 3.8) is 0 Å². The highest BCUT2D eigenvalue weighted by molar-refractivity contribution is 7.92. The molecule has 32 heavy (non-hydrogen) atoms. The van der Waals surface area contributed by atoms with Gasteiger partial charge in [-0.2, -0.15) is 13.2 Å². The molecule has 0 saturated heterocycles. The first-order valence-electron chi connectivity index (χ1n) is 9.46. The lowest BCUT2D eigenvalue weighted by Crippen LogP contribution is -2.40. The van der Waals surface area contributed by atoms with Gasteiger partial charge in [0.05, 0.1) is 23.2 Å². The second-order valence-electron chi connectivity index (χ2n) is 7.07. The molecule has 7 nitrogen and oxygen atoms in total. The number of imidazole rings is 1. The van der Waals surface area contributed by atoms with E-state index in [9.17, 15) is 26.4 Å². The number of nitrogens with zero attached hydrogens (tertiary/aromatic N) is 3. The van der Waals surface area contributed by atoms with Crippen molar-refractivity contribution in [1.29, 1.82) is 0 Å². The molecule has 0 aliphatic heterocycles. The van der Waals surface area contributed by atoms with E-state index >= 15 is 0 Å². The molecule has 0 bridgehead atoms. The maximum Gasteiger partial charge on any atom is 0.416 e. The topological polar surface area (TPSA) is 84.3 Å². The van der Waals surface area contributed by atoms with E-state index in [2.05, 4.69) is 10.3 Å². The van der Waals surface area contributed by atoms with Crippen molar-refractivity contribution in [2.24, 2.45) is 0 Å². The van der Waals surface area contributed by atoms with E-state index in [1.165, 1.54) is 6.07 Å². The number of benzene rings is 2. The standard InChI is InChI=1S/C21H21F3N4O3S/c1-15-25-10-11-27(15)19-9-4-3-6-16(19)13-26-20(29)14-28(32(2,30)31)18-8-5-7-17(12-18)21(22,23)24/h3-12H,13-14H2,1-2H3,(H,26,29). The smallest absolute Gasteiger partial charge is 0.350 e. The molecule has 2 aromatic carbocycles. The largest absolute Gasteiger partial charge is 0.416 e. The SMILES string of the molecule is Cc1nccn1-c1ccccc1CNC(=O)CN(c1cccc(C(F)(F)F)c1)S(C)(=O)=O. The fourth-order valence-corrected chi connectivity index (χ4v) is 3.99. The van der Waals surface area contributed by atoms with E-state index in [1.54, 1.807) is 24.5 Å². The van der Waals surface area contributed by atoms with Crippen LogP contribution in [-0.4, -0.2) is 36.7 Å². The lowest BCUT2D eigenvalue weighted by Gasteiger charge is -2.23. The molecule has 3 aromatic rings. The molecule has 1 N–H and O–H groups in total. The van der Waals surface area contributed by atoms with Gasteiger partial charge in [-0.05, 0) is 36.8 Å². The summed E-state index contributed by atoms with van der Waals surface area (Å²) in [5.41, 5.74) is 0.299. The molecule has 0 unspecified atom stereocenters. The Morgan fingerprint density at radius 3 is 2.50 bits per heavy atom. The predicted molar refractivity (Wildman–Crippen MR) is 114 cm³/mol. The summed E-state index contributed by atoms with van der Waals surface area (Å²) in [5.74, 6) is 0.0848. The molecule has 0 aliphatic rings. The molecule has 170 valence electrons. The van der Waals surface area contributed by atoms with Crippen LogP contribution in [0.5, 0.6) is 0 Å². The van der Waals surface area contributed by atoms with Gasteiger partial charge in [-0.3, -0.25) is 9.10 Å². The molecule has 1 amide bonds. The van der Waals surface area contributed by atoms with Gasteiger partial charge >= 0.3 is 6.18 Å². The average molecular weight is 466 g/mol. The first-order valence-corrected chi connectivity index (χ1v) is 11.3. The quantitative estimate of drug-likeness (QED) is 0.579. The predicted octanol–water partition coefficient (Wildman–Crippen LogP) is 3.28. The Kier molecular flexibility index (Phi) is 6.58. The molecule has 0 aliphatic carbocycles. The number of rotatable bonds is 7. The van der Waals surface area contributed by atoms with Crippen LogP contribution < -0.4 is 9.62 Å². The maximum absolute atomic E-state index is 13.0. The van der Waals surface area contributed by atoms with Crippen molar-refractivity contribution in [3.05, 3.63) is 77.9 Å². The Bertz CT molecular complexity index is 1220. The van der Waals surface area contributed by atoms with Crippen LogP contribution in [-0.2, 0) is 27.5 Å². The van der Waals surface area contributed by atoms with Gasteiger partial charge < -0.3 is 9.88 Å². The average Bonchev–Trinajstić information content (AvgIpc) is 3.15. The van der Waals surface area contributed by atoms with E-state index < -0.39 is 34.2 Å². The number of aromatic nitrogens is 2. The molecule has 0 atom stereocenters. The van der Waals surface area contributed by atoms with Gasteiger partial charge in [-0.15, -0.1) is 0 Å². The van der Waals surface area contributed by atoms with Crippen molar-refractivity contribution >= 4 is 21.6 Å². The molecular weight excluding hydrogens is 445 g/mol. The van der Waals surface area contributed by atoms with Crippen LogP contribution in [0.4, 0.5) is 18.9 Å². The van der Waals surface area contributed by atoms with Crippen molar-refractivity contribution in [1.82, 2.24) is 14.9 Å². The summed E-state index contributed by atoms with van der Waals surface area (Å²) >= 11 is 0. The lowest BCUT2D eigenvalue weighted by atomic mass is 10.1. The van der Waals surface area contributed by atoms with Crippen LogP contribution in [0.3, 0.4) is 0 Å². The number of nitrogens with one attached hydrogen (secondary N) is 1. The molecule has 1 heterocycles. The van der Waals surface area contributed by atoms with E-state index in [4.69, 9.17) is 0 Å². The Balaban J connectivity index is 1.78. The fraction of sp³-hybridized carbons (Fsp3) is 0.238. The number of hydrogen-bond acceptors (Lipinski definition) is 4. The van der Waals surface area contributed by atoms with Gasteiger partial charge in [0.25, 0.3) is 0 Å². The van der Waals surface area contributed by atoms with Crippen LogP contribution in [0.25, 0.3) is 5.69 Å². The maximum atomic E-state index is 13.0. The number of halogens is 3. The minimum Gasteiger partial charge on any atom is -0.350 e. The third kappa shape index (κ3) is 5.47. The monoisotopic (exact) mass is 466 g/mol. The number of anilines is 1. The normalized spacial score (nSPS) is 11.9. The first kappa shape index (κ1) is 23.3. The van der Waals surface area contributed by atoms with Gasteiger partial charge in [-0.25, -0.2) is 13.4 Å². The van der Waals surface area contributed by atoms with Crippen LogP contribution in [0.15, 0.2) is 60.9 Å². The zero-order valence-corrected chi connectivity index (χ0v) is 18.1. The zero-order chi connectivity index (χ0) is 23.5. The fourth-order valence-electron chi connectivity index (χ4n) is 3.15. The highest BCUT2D eigenvalue weighted by Crippen LogP contribution is 2.32. The lowest BCUT2D eigenvalue weighted by molar-refractivity contribution is -0.137. The van der Waals surface area contributed by atoms with Crippen molar-refractivity contribution in [2.45, 2.75) is 19.6 Å². The minimum atomic E-state index is -4.64. The number of alkyl halides is 3. The summed E-state index contributed by atoms with van der Waals surface area (Å²) in [4.78, 5) is 16.7. The van der Waals surface area contributed by atoms with Gasteiger partial charge in [0, 0.05) is 18.9 Å². The molecule has 1 aromatic heterocycles. The van der Waals surface area contributed by atoms with E-state index in [0.717, 1.165) is 35.5 Å². The van der Waals surface area contributed by atoms with E-state index in [0.29, 0.717) is 10.4 Å². The molecule has 0 radical (unpaired) electrons. The van der Waals surface area contributed by atoms with Crippen molar-refractivity contribution in [3.8, 4) is 5.69 Å². The number of sulfonamides is 1. The third-order valence-electron chi connectivity index (χ3n) is 4.70. The minimum absolute atomic E-state index is 0.0901. The van der Waals surface area contributed by atoms with E-state index in [1.807, 2.05) is 23.6 Å².